The first-order valence-corrected chi connectivity index (χ1v) is 20.6. The van der Waals surface area contributed by atoms with Crippen molar-refractivity contribution >= 4 is 11.4 Å². The molecule has 0 saturated heterocycles. The molecular weight excluding hydrogens is 720 g/mol. The van der Waals surface area contributed by atoms with Gasteiger partial charge < -0.3 is 42.9 Å². The van der Waals surface area contributed by atoms with Gasteiger partial charge in [-0.05, 0) is 115 Å². The molecule has 4 nitrogen and oxygen atoms in total. The summed E-state index contributed by atoms with van der Waals surface area (Å²) in [6, 6.07) is 0. The van der Waals surface area contributed by atoms with E-state index in [0.717, 1.165) is 24.9 Å². The molecule has 0 amide bonds. The average molecular weight is 801 g/mol. The quantitative estimate of drug-likeness (QED) is 0.122. The second-order valence-corrected chi connectivity index (χ2v) is 18.3. The first kappa shape index (κ1) is 44.4. The van der Waals surface area contributed by atoms with Crippen molar-refractivity contribution < 1.29 is 42.9 Å². The largest absolute Gasteiger partial charge is 1.00 e. The average Bonchev–Trinajstić information content (AvgIpc) is 3.56. The Morgan fingerprint density at radius 1 is 0.500 bits per heavy atom. The normalized spacial score (nSPS) is 30.3. The summed E-state index contributed by atoms with van der Waals surface area (Å²) in [6.07, 6.45) is 19.4. The minimum absolute atomic E-state index is 0. The molecule has 4 saturated carbocycles. The number of quaternary nitrogens is 2. The van der Waals surface area contributed by atoms with E-state index in [2.05, 4.69) is 69.2 Å². The van der Waals surface area contributed by atoms with E-state index in [9.17, 15) is 0 Å². The molecule has 0 aromatic heterocycles. The van der Waals surface area contributed by atoms with Crippen molar-refractivity contribution in [2.45, 2.75) is 159 Å². The van der Waals surface area contributed by atoms with E-state index in [0.29, 0.717) is 21.7 Å². The smallest absolute Gasteiger partial charge is 0.0985 e. The van der Waals surface area contributed by atoms with Crippen molar-refractivity contribution in [1.29, 1.82) is 0 Å². The summed E-state index contributed by atoms with van der Waals surface area (Å²) in [5.41, 5.74) is 4.74. The van der Waals surface area contributed by atoms with Crippen LogP contribution in [0.1, 0.15) is 159 Å². The molecule has 0 aromatic carbocycles. The highest BCUT2D eigenvalue weighted by Crippen LogP contribution is 2.65. The summed E-state index contributed by atoms with van der Waals surface area (Å²) in [7, 11) is 0. The Hall–Kier alpha value is 0.220. The maximum Gasteiger partial charge on any atom is 0.0985 e. The van der Waals surface area contributed by atoms with Crippen LogP contribution in [0.15, 0.2) is 9.98 Å². The standard InChI is InChI=1S/C42H80N4.2BrH/c1-11-45(12-2,31-27-43-37-33-35-23-25-41(37,9)39(35,5)6)29-21-19-17-15-16-18-20-22-30-46(13-3,14-4)32-28-44-38-34-36-24-26-42(38,10)40(36,7)8;;/h35-36H,11-34H2,1-10H3;2*1H/q+2;;/p-2/t35-,36-,41+,42+;;/m1../s1. The summed E-state index contributed by atoms with van der Waals surface area (Å²) >= 11 is 0. The van der Waals surface area contributed by atoms with Crippen molar-refractivity contribution in [1.82, 2.24) is 0 Å². The minimum atomic E-state index is 0. The van der Waals surface area contributed by atoms with Gasteiger partial charge in [-0.25, -0.2) is 0 Å². The molecule has 0 N–H and O–H groups in total. The predicted octanol–water partition coefficient (Wildman–Crippen LogP) is 4.40. The third-order valence-corrected chi connectivity index (χ3v) is 16.5. The lowest BCUT2D eigenvalue weighted by atomic mass is 9.70. The van der Waals surface area contributed by atoms with Gasteiger partial charge in [-0.15, -0.1) is 0 Å². The molecule has 0 unspecified atom stereocenters. The molecule has 0 aliphatic heterocycles. The van der Waals surface area contributed by atoms with Gasteiger partial charge in [0.25, 0.3) is 0 Å². The van der Waals surface area contributed by atoms with Crippen molar-refractivity contribution in [2.75, 3.05) is 65.4 Å². The molecule has 4 aliphatic carbocycles. The van der Waals surface area contributed by atoms with Crippen molar-refractivity contribution in [3.05, 3.63) is 0 Å². The van der Waals surface area contributed by atoms with Gasteiger partial charge in [0.05, 0.1) is 65.4 Å². The Kier molecular flexibility index (Phi) is 16.9. The number of unbranched alkanes of at least 4 members (excludes halogenated alkanes) is 7. The second-order valence-electron chi connectivity index (χ2n) is 18.3. The van der Waals surface area contributed by atoms with Crippen molar-refractivity contribution in [3.63, 3.8) is 0 Å². The predicted molar refractivity (Wildman–Crippen MR) is 202 cm³/mol. The van der Waals surface area contributed by atoms with Crippen LogP contribution < -0.4 is 34.0 Å². The summed E-state index contributed by atoms with van der Waals surface area (Å²) in [4.78, 5) is 10.6. The van der Waals surface area contributed by atoms with Gasteiger partial charge in [0, 0.05) is 22.3 Å². The van der Waals surface area contributed by atoms with E-state index in [1.165, 1.54) is 151 Å². The number of nitrogens with zero attached hydrogens (tertiary/aromatic N) is 4. The molecule has 6 heteroatoms. The molecule has 4 bridgehead atoms. The monoisotopic (exact) mass is 798 g/mol. The fraction of sp³-hybridized carbons (Fsp3) is 0.952. The topological polar surface area (TPSA) is 24.7 Å². The van der Waals surface area contributed by atoms with E-state index in [4.69, 9.17) is 9.98 Å². The van der Waals surface area contributed by atoms with Gasteiger partial charge in [0.2, 0.25) is 0 Å². The number of aliphatic imine (C=N–C) groups is 2. The minimum Gasteiger partial charge on any atom is -1.00 e. The lowest BCUT2D eigenvalue weighted by molar-refractivity contribution is -0.923. The zero-order chi connectivity index (χ0) is 33.7. The van der Waals surface area contributed by atoms with Crippen LogP contribution in [0.3, 0.4) is 0 Å². The van der Waals surface area contributed by atoms with Crippen LogP contribution in [0.2, 0.25) is 0 Å². The Morgan fingerprint density at radius 2 is 0.812 bits per heavy atom. The molecule has 4 rings (SSSR count). The van der Waals surface area contributed by atoms with Gasteiger partial charge in [0.1, 0.15) is 0 Å². The zero-order valence-corrected chi connectivity index (χ0v) is 36.8. The number of halogens is 2. The maximum absolute atomic E-state index is 5.31. The molecule has 282 valence electrons. The molecule has 0 aromatic rings. The van der Waals surface area contributed by atoms with Crippen LogP contribution in [0.4, 0.5) is 0 Å². The lowest BCUT2D eigenvalue weighted by Gasteiger charge is -2.37. The zero-order valence-electron chi connectivity index (χ0n) is 33.7. The first-order valence-electron chi connectivity index (χ1n) is 20.6. The number of hydrogen-bond donors (Lipinski definition) is 0. The third kappa shape index (κ3) is 8.87. The third-order valence-electron chi connectivity index (χ3n) is 16.5. The summed E-state index contributed by atoms with van der Waals surface area (Å²) in [6.45, 7) is 37.0. The number of fused-ring (bicyclic) bond motifs is 4. The maximum atomic E-state index is 5.31. The van der Waals surface area contributed by atoms with E-state index >= 15 is 0 Å². The first-order chi connectivity index (χ1) is 21.8. The number of hydrogen-bond acceptors (Lipinski definition) is 2. The van der Waals surface area contributed by atoms with E-state index in [-0.39, 0.29) is 34.0 Å². The summed E-state index contributed by atoms with van der Waals surface area (Å²) < 4.78 is 2.53. The van der Waals surface area contributed by atoms with Gasteiger partial charge >= 0.3 is 0 Å². The van der Waals surface area contributed by atoms with E-state index in [1.807, 2.05) is 0 Å². The Bertz CT molecular complexity index is 960. The van der Waals surface area contributed by atoms with Gasteiger partial charge in [-0.1, -0.05) is 67.2 Å². The Morgan fingerprint density at radius 3 is 1.06 bits per heavy atom. The van der Waals surface area contributed by atoms with Gasteiger partial charge in [-0.2, -0.15) is 0 Å². The highest BCUT2D eigenvalue weighted by atomic mass is 79.9. The molecule has 48 heavy (non-hydrogen) atoms. The molecule has 0 heterocycles. The lowest BCUT2D eigenvalue weighted by Crippen LogP contribution is -3.00. The molecule has 4 aliphatic rings. The summed E-state index contributed by atoms with van der Waals surface area (Å²) in [5, 5.41) is 0. The van der Waals surface area contributed by atoms with Crippen LogP contribution in [0.5, 0.6) is 0 Å². The molecule has 4 atom stereocenters. The molecule has 4 fully saturated rings. The molecule has 0 spiro atoms. The fourth-order valence-corrected chi connectivity index (χ4v) is 11.0. The fourth-order valence-electron chi connectivity index (χ4n) is 11.0. The molecular formula is C42H80Br2N4. The van der Waals surface area contributed by atoms with Crippen LogP contribution in [-0.4, -0.2) is 85.8 Å². The second kappa shape index (κ2) is 18.3. The van der Waals surface area contributed by atoms with Crippen LogP contribution in [0, 0.1) is 33.5 Å². The van der Waals surface area contributed by atoms with Gasteiger partial charge in [0.15, 0.2) is 0 Å². The highest BCUT2D eigenvalue weighted by Gasteiger charge is 2.60. The van der Waals surface area contributed by atoms with E-state index < -0.39 is 0 Å². The highest BCUT2D eigenvalue weighted by molar-refractivity contribution is 5.94. The summed E-state index contributed by atoms with van der Waals surface area (Å²) in [5.74, 6) is 1.74. The van der Waals surface area contributed by atoms with Crippen LogP contribution in [0.25, 0.3) is 0 Å². The van der Waals surface area contributed by atoms with Crippen molar-refractivity contribution in [2.24, 2.45) is 43.5 Å². The SMILES string of the molecule is CC[N+](CC)(CCCCCCCCCC[N+](CC)(CC)CCN=C1C[C@H]2CC[C@]1(C)C2(C)C)CCN=C1C[C@H]2CC[C@]1(C)C2(C)C.[Br-].[Br-]. The molecule has 0 radical (unpaired) electrons. The number of likely N-dealkylation sites (N-methyl/N-ethyl adjacent to an activating group) is 2. The Balaban J connectivity index is 0.00000400. The van der Waals surface area contributed by atoms with Crippen LogP contribution in [-0.2, 0) is 0 Å². The number of rotatable bonds is 21. The van der Waals surface area contributed by atoms with E-state index in [1.54, 1.807) is 11.4 Å². The Labute approximate surface area is 320 Å². The van der Waals surface area contributed by atoms with Crippen LogP contribution >= 0.6 is 0 Å². The van der Waals surface area contributed by atoms with Crippen molar-refractivity contribution in [3.8, 4) is 0 Å². The van der Waals surface area contributed by atoms with Gasteiger partial charge in [-0.3, -0.25) is 9.98 Å².